The molecule has 1 heterocycles. The minimum Gasteiger partial charge on any atom is -0.417 e. The molecule has 0 atom stereocenters. The van der Waals surface area contributed by atoms with Gasteiger partial charge in [-0.2, -0.15) is 10.2 Å². The van der Waals surface area contributed by atoms with Crippen LogP contribution in [0.2, 0.25) is 0 Å². The quantitative estimate of drug-likeness (QED) is 0.713. The fourth-order valence-electron chi connectivity index (χ4n) is 2.19. The molecule has 6 heteroatoms. The Labute approximate surface area is 145 Å². The van der Waals surface area contributed by atoms with Gasteiger partial charge in [0.2, 0.25) is 11.6 Å². The maximum atomic E-state index is 12.1. The van der Waals surface area contributed by atoms with Gasteiger partial charge in [0.15, 0.2) is 0 Å². The summed E-state index contributed by atoms with van der Waals surface area (Å²) in [6.07, 6.45) is 0. The van der Waals surface area contributed by atoms with E-state index in [-0.39, 0.29) is 17.5 Å². The highest BCUT2D eigenvalue weighted by Crippen LogP contribution is 2.25. The molecule has 0 saturated carbocycles. The SMILES string of the molecule is Cc1ccc(C(=O)NNc2oc(-c3ccc(C)cc3)nc2C#N)cc1. The zero-order valence-electron chi connectivity index (χ0n) is 13.8. The van der Waals surface area contributed by atoms with E-state index in [2.05, 4.69) is 15.8 Å². The van der Waals surface area contributed by atoms with Crippen LogP contribution in [0.15, 0.2) is 52.9 Å². The summed E-state index contributed by atoms with van der Waals surface area (Å²) in [5.74, 6) is 0.0688. The molecule has 25 heavy (non-hydrogen) atoms. The van der Waals surface area contributed by atoms with Crippen molar-refractivity contribution >= 4 is 11.8 Å². The van der Waals surface area contributed by atoms with E-state index in [4.69, 9.17) is 4.42 Å². The molecule has 2 aromatic carbocycles. The molecule has 3 rings (SSSR count). The molecule has 3 aromatic rings. The smallest absolute Gasteiger partial charge is 0.269 e. The molecule has 0 saturated heterocycles. The number of amides is 1. The Hall–Kier alpha value is -3.59. The standard InChI is InChI=1S/C19H16N4O2/c1-12-3-7-14(8-4-12)17(24)22-23-19-16(11-20)21-18(25-19)15-9-5-13(2)6-10-15/h3-10,23H,1-2H3,(H,22,24). The minimum atomic E-state index is -0.336. The zero-order valence-corrected chi connectivity index (χ0v) is 13.8. The third-order valence-corrected chi connectivity index (χ3v) is 3.63. The first-order valence-corrected chi connectivity index (χ1v) is 7.68. The molecule has 2 N–H and O–H groups in total. The number of hydrogen-bond donors (Lipinski definition) is 2. The Balaban J connectivity index is 1.76. The minimum absolute atomic E-state index is 0.0692. The van der Waals surface area contributed by atoms with E-state index in [0.29, 0.717) is 11.5 Å². The molecular weight excluding hydrogens is 316 g/mol. The van der Waals surface area contributed by atoms with Crippen LogP contribution in [-0.4, -0.2) is 10.9 Å². The predicted octanol–water partition coefficient (Wildman–Crippen LogP) is 3.59. The van der Waals surface area contributed by atoms with Crippen LogP contribution >= 0.6 is 0 Å². The average molecular weight is 332 g/mol. The number of carbonyl (C=O) groups is 1. The van der Waals surface area contributed by atoms with E-state index < -0.39 is 0 Å². The van der Waals surface area contributed by atoms with Crippen molar-refractivity contribution in [3.05, 3.63) is 70.9 Å². The highest BCUT2D eigenvalue weighted by molar-refractivity contribution is 5.94. The van der Waals surface area contributed by atoms with Gasteiger partial charge in [0.05, 0.1) is 0 Å². The number of nitrogens with zero attached hydrogens (tertiary/aromatic N) is 2. The lowest BCUT2D eigenvalue weighted by molar-refractivity contribution is 0.0961. The Morgan fingerprint density at radius 3 is 2.24 bits per heavy atom. The summed E-state index contributed by atoms with van der Waals surface area (Å²) in [5.41, 5.74) is 8.63. The van der Waals surface area contributed by atoms with Gasteiger partial charge in [-0.25, -0.2) is 0 Å². The number of hydrogen-bond acceptors (Lipinski definition) is 5. The van der Waals surface area contributed by atoms with Crippen molar-refractivity contribution in [1.82, 2.24) is 10.4 Å². The summed E-state index contributed by atoms with van der Waals surface area (Å²) < 4.78 is 5.58. The van der Waals surface area contributed by atoms with Gasteiger partial charge in [-0.3, -0.25) is 15.6 Å². The molecule has 0 bridgehead atoms. The van der Waals surface area contributed by atoms with Crippen LogP contribution < -0.4 is 10.9 Å². The van der Waals surface area contributed by atoms with E-state index in [1.54, 1.807) is 12.1 Å². The summed E-state index contributed by atoms with van der Waals surface area (Å²) in [7, 11) is 0. The Morgan fingerprint density at radius 1 is 1.04 bits per heavy atom. The van der Waals surface area contributed by atoms with Gasteiger partial charge in [0, 0.05) is 11.1 Å². The van der Waals surface area contributed by atoms with Crippen LogP contribution in [0, 0.1) is 25.2 Å². The second-order valence-electron chi connectivity index (χ2n) is 5.62. The van der Waals surface area contributed by atoms with Crippen molar-refractivity contribution in [3.8, 4) is 17.5 Å². The van der Waals surface area contributed by atoms with Gasteiger partial charge >= 0.3 is 0 Å². The lowest BCUT2D eigenvalue weighted by atomic mass is 10.1. The first-order chi connectivity index (χ1) is 12.1. The molecule has 0 fully saturated rings. The third kappa shape index (κ3) is 3.67. The maximum Gasteiger partial charge on any atom is 0.269 e. The number of rotatable bonds is 4. The molecule has 0 aliphatic carbocycles. The summed E-state index contributed by atoms with van der Waals surface area (Å²) in [4.78, 5) is 16.3. The van der Waals surface area contributed by atoms with E-state index >= 15 is 0 Å². The first-order valence-electron chi connectivity index (χ1n) is 7.68. The maximum absolute atomic E-state index is 12.1. The summed E-state index contributed by atoms with van der Waals surface area (Å²) in [6.45, 7) is 3.92. The summed E-state index contributed by atoms with van der Waals surface area (Å²) in [5, 5.41) is 9.21. The molecule has 1 amide bonds. The highest BCUT2D eigenvalue weighted by Gasteiger charge is 2.15. The van der Waals surface area contributed by atoms with Crippen molar-refractivity contribution in [1.29, 1.82) is 5.26 Å². The van der Waals surface area contributed by atoms with Crippen LogP contribution in [0.5, 0.6) is 0 Å². The van der Waals surface area contributed by atoms with E-state index in [1.807, 2.05) is 56.3 Å². The molecule has 0 aliphatic heterocycles. The number of benzene rings is 2. The number of nitriles is 1. The van der Waals surface area contributed by atoms with Crippen LogP contribution in [0.25, 0.3) is 11.5 Å². The highest BCUT2D eigenvalue weighted by atomic mass is 16.4. The number of nitrogens with one attached hydrogen (secondary N) is 2. The second-order valence-corrected chi connectivity index (χ2v) is 5.62. The van der Waals surface area contributed by atoms with Gasteiger partial charge in [-0.1, -0.05) is 35.4 Å². The van der Waals surface area contributed by atoms with Crippen LogP contribution in [0.3, 0.4) is 0 Å². The number of anilines is 1. The van der Waals surface area contributed by atoms with Gasteiger partial charge in [0.25, 0.3) is 11.8 Å². The van der Waals surface area contributed by atoms with Gasteiger partial charge < -0.3 is 4.42 Å². The van der Waals surface area contributed by atoms with Crippen LogP contribution in [0.4, 0.5) is 5.88 Å². The van der Waals surface area contributed by atoms with E-state index in [1.165, 1.54) is 0 Å². The fourth-order valence-corrected chi connectivity index (χ4v) is 2.19. The van der Waals surface area contributed by atoms with Crippen molar-refractivity contribution < 1.29 is 9.21 Å². The first kappa shape index (κ1) is 16.3. The summed E-state index contributed by atoms with van der Waals surface area (Å²) >= 11 is 0. The fraction of sp³-hybridized carbons (Fsp3) is 0.105. The molecule has 0 spiro atoms. The molecule has 6 nitrogen and oxygen atoms in total. The van der Waals surface area contributed by atoms with Gasteiger partial charge in [-0.15, -0.1) is 0 Å². The predicted molar refractivity (Wildman–Crippen MR) is 93.7 cm³/mol. The van der Waals surface area contributed by atoms with Crippen molar-refractivity contribution in [2.24, 2.45) is 0 Å². The van der Waals surface area contributed by atoms with Crippen LogP contribution in [0.1, 0.15) is 27.2 Å². The van der Waals surface area contributed by atoms with E-state index in [0.717, 1.165) is 16.7 Å². The Kier molecular flexibility index (Phi) is 4.48. The molecule has 0 aliphatic rings. The van der Waals surface area contributed by atoms with Crippen molar-refractivity contribution in [2.75, 3.05) is 5.43 Å². The third-order valence-electron chi connectivity index (χ3n) is 3.63. The second kappa shape index (κ2) is 6.89. The molecule has 0 radical (unpaired) electrons. The van der Waals surface area contributed by atoms with Gasteiger partial charge in [-0.05, 0) is 38.1 Å². The van der Waals surface area contributed by atoms with E-state index in [9.17, 15) is 10.1 Å². The Morgan fingerprint density at radius 2 is 1.64 bits per heavy atom. The number of oxazole rings is 1. The molecule has 0 unspecified atom stereocenters. The number of carbonyl (C=O) groups excluding carboxylic acids is 1. The monoisotopic (exact) mass is 332 g/mol. The number of aryl methyl sites for hydroxylation is 2. The van der Waals surface area contributed by atoms with Crippen LogP contribution in [-0.2, 0) is 0 Å². The number of hydrazine groups is 1. The van der Waals surface area contributed by atoms with Crippen molar-refractivity contribution in [2.45, 2.75) is 13.8 Å². The lowest BCUT2D eigenvalue weighted by Crippen LogP contribution is -2.29. The van der Waals surface area contributed by atoms with Gasteiger partial charge in [0.1, 0.15) is 6.07 Å². The van der Waals surface area contributed by atoms with Crippen molar-refractivity contribution in [3.63, 3.8) is 0 Å². The normalized spacial score (nSPS) is 10.1. The molecular formula is C19H16N4O2. The molecule has 124 valence electrons. The average Bonchev–Trinajstić information content (AvgIpc) is 3.04. The summed E-state index contributed by atoms with van der Waals surface area (Å²) in [6, 6.07) is 16.7. The Bertz CT molecular complexity index is 935. The zero-order chi connectivity index (χ0) is 17.8. The lowest BCUT2D eigenvalue weighted by Gasteiger charge is -2.06. The molecule has 1 aromatic heterocycles. The number of aromatic nitrogens is 1. The largest absolute Gasteiger partial charge is 0.417 e. The topological polar surface area (TPSA) is 90.9 Å².